The Balaban J connectivity index is 1.55. The fourth-order valence-corrected chi connectivity index (χ4v) is 2.67. The number of hydrogen-bond acceptors (Lipinski definition) is 4. The molecule has 22 heavy (non-hydrogen) atoms. The summed E-state index contributed by atoms with van der Waals surface area (Å²) in [5, 5.41) is 3.59. The van der Waals surface area contributed by atoms with Crippen LogP contribution in [0, 0.1) is 0 Å². The molecule has 0 bridgehead atoms. The van der Waals surface area contributed by atoms with Crippen LogP contribution in [0.5, 0.6) is 0 Å². The van der Waals surface area contributed by atoms with Crippen molar-refractivity contribution in [2.75, 3.05) is 0 Å². The number of aromatic nitrogens is 1. The largest absolute Gasteiger partial charge is 0.349 e. The summed E-state index contributed by atoms with van der Waals surface area (Å²) in [6, 6.07) is 13.1. The molecular formula is C16H17ClN4O. The van der Waals surface area contributed by atoms with Crippen LogP contribution in [0.3, 0.4) is 0 Å². The Hall–Kier alpha value is -1.95. The van der Waals surface area contributed by atoms with E-state index in [2.05, 4.69) is 21.2 Å². The van der Waals surface area contributed by atoms with Gasteiger partial charge in [-0.05, 0) is 36.2 Å². The summed E-state index contributed by atoms with van der Waals surface area (Å²) >= 11 is 6.01. The highest BCUT2D eigenvalue weighted by molar-refractivity contribution is 6.30. The Bertz CT molecular complexity index is 650. The van der Waals surface area contributed by atoms with Gasteiger partial charge >= 0.3 is 0 Å². The highest BCUT2D eigenvalue weighted by atomic mass is 35.5. The first-order valence-electron chi connectivity index (χ1n) is 7.16. The zero-order valence-corrected chi connectivity index (χ0v) is 12.7. The van der Waals surface area contributed by atoms with Gasteiger partial charge in [0.15, 0.2) is 0 Å². The molecule has 6 heteroatoms. The van der Waals surface area contributed by atoms with Gasteiger partial charge in [0.2, 0.25) is 5.91 Å². The monoisotopic (exact) mass is 316 g/mol. The summed E-state index contributed by atoms with van der Waals surface area (Å²) in [4.78, 5) is 16.4. The van der Waals surface area contributed by atoms with E-state index in [0.717, 1.165) is 11.3 Å². The lowest BCUT2D eigenvalue weighted by atomic mass is 10.0. The standard InChI is InChI=1S/C16H17ClN4O/c17-12-5-3-4-11(8-12)14-9-15(21-20-14)16(22)19-10-13-6-1-2-7-18-13/h1-8,14-15,20-21H,9-10H2,(H,19,22). The molecule has 2 atom stereocenters. The van der Waals surface area contributed by atoms with Crippen molar-refractivity contribution in [2.45, 2.75) is 25.0 Å². The maximum atomic E-state index is 12.2. The summed E-state index contributed by atoms with van der Waals surface area (Å²) in [6.45, 7) is 0.430. The quantitative estimate of drug-likeness (QED) is 0.807. The topological polar surface area (TPSA) is 66.0 Å². The smallest absolute Gasteiger partial charge is 0.238 e. The third-order valence-corrected chi connectivity index (χ3v) is 3.88. The minimum absolute atomic E-state index is 0.0392. The number of hydrazine groups is 1. The van der Waals surface area contributed by atoms with E-state index in [1.54, 1.807) is 6.20 Å². The molecule has 1 amide bonds. The average molecular weight is 317 g/mol. The number of carbonyl (C=O) groups excluding carboxylic acids is 1. The van der Waals surface area contributed by atoms with Gasteiger partial charge in [-0.1, -0.05) is 29.8 Å². The highest BCUT2D eigenvalue weighted by Crippen LogP contribution is 2.24. The van der Waals surface area contributed by atoms with Gasteiger partial charge in [0.1, 0.15) is 6.04 Å². The molecule has 1 aromatic carbocycles. The molecule has 3 rings (SSSR count). The SMILES string of the molecule is O=C(NCc1ccccn1)C1CC(c2cccc(Cl)c2)NN1. The number of benzene rings is 1. The highest BCUT2D eigenvalue weighted by Gasteiger charge is 2.29. The number of nitrogens with one attached hydrogen (secondary N) is 3. The molecular weight excluding hydrogens is 300 g/mol. The second kappa shape index (κ2) is 6.87. The Labute approximate surface area is 134 Å². The van der Waals surface area contributed by atoms with Crippen LogP contribution in [0.25, 0.3) is 0 Å². The second-order valence-electron chi connectivity index (χ2n) is 5.22. The molecule has 2 unspecified atom stereocenters. The maximum Gasteiger partial charge on any atom is 0.238 e. The molecule has 1 aromatic heterocycles. The number of pyridine rings is 1. The van der Waals surface area contributed by atoms with E-state index < -0.39 is 0 Å². The van der Waals surface area contributed by atoms with Gasteiger partial charge in [-0.3, -0.25) is 9.78 Å². The summed E-state index contributed by atoms with van der Waals surface area (Å²) < 4.78 is 0. The first-order chi connectivity index (χ1) is 10.7. The van der Waals surface area contributed by atoms with E-state index in [-0.39, 0.29) is 18.0 Å². The Morgan fingerprint density at radius 3 is 2.95 bits per heavy atom. The normalized spacial score (nSPS) is 20.8. The molecule has 1 saturated heterocycles. The second-order valence-corrected chi connectivity index (χ2v) is 5.66. The lowest BCUT2D eigenvalue weighted by molar-refractivity contribution is -0.123. The van der Waals surface area contributed by atoms with Gasteiger partial charge in [-0.2, -0.15) is 0 Å². The van der Waals surface area contributed by atoms with Crippen LogP contribution < -0.4 is 16.2 Å². The average Bonchev–Trinajstić information content (AvgIpc) is 3.04. The van der Waals surface area contributed by atoms with E-state index >= 15 is 0 Å². The van der Waals surface area contributed by atoms with Gasteiger partial charge in [0.05, 0.1) is 12.2 Å². The predicted octanol–water partition coefficient (Wildman–Crippen LogP) is 1.96. The van der Waals surface area contributed by atoms with Crippen molar-refractivity contribution < 1.29 is 4.79 Å². The molecule has 0 radical (unpaired) electrons. The van der Waals surface area contributed by atoms with Gasteiger partial charge < -0.3 is 5.32 Å². The van der Waals surface area contributed by atoms with E-state index in [1.807, 2.05) is 42.5 Å². The first-order valence-corrected chi connectivity index (χ1v) is 7.54. The van der Waals surface area contributed by atoms with E-state index in [1.165, 1.54) is 0 Å². The van der Waals surface area contributed by atoms with Gasteiger partial charge in [0, 0.05) is 17.3 Å². The van der Waals surface area contributed by atoms with Crippen LogP contribution in [0.1, 0.15) is 23.7 Å². The van der Waals surface area contributed by atoms with Gasteiger partial charge in [0.25, 0.3) is 0 Å². The van der Waals surface area contributed by atoms with E-state index in [4.69, 9.17) is 11.6 Å². The van der Waals surface area contributed by atoms with E-state index in [9.17, 15) is 4.79 Å². The lowest BCUT2D eigenvalue weighted by Crippen LogP contribution is -2.42. The fraction of sp³-hybridized carbons (Fsp3) is 0.250. The lowest BCUT2D eigenvalue weighted by Gasteiger charge is -2.10. The summed E-state index contributed by atoms with van der Waals surface area (Å²) in [5.74, 6) is -0.0392. The summed E-state index contributed by atoms with van der Waals surface area (Å²) in [7, 11) is 0. The minimum Gasteiger partial charge on any atom is -0.349 e. The fourth-order valence-electron chi connectivity index (χ4n) is 2.47. The molecule has 3 N–H and O–H groups in total. The third-order valence-electron chi connectivity index (χ3n) is 3.64. The van der Waals surface area contributed by atoms with Crippen LogP contribution in [-0.2, 0) is 11.3 Å². The molecule has 1 aliphatic heterocycles. The molecule has 2 aromatic rings. The van der Waals surface area contributed by atoms with Crippen LogP contribution in [0.4, 0.5) is 0 Å². The minimum atomic E-state index is -0.271. The summed E-state index contributed by atoms with van der Waals surface area (Å²) in [6.07, 6.45) is 2.39. The van der Waals surface area contributed by atoms with Crippen LogP contribution in [0.2, 0.25) is 5.02 Å². The van der Waals surface area contributed by atoms with Crippen LogP contribution in [0.15, 0.2) is 48.7 Å². The number of nitrogens with zero attached hydrogens (tertiary/aromatic N) is 1. The number of hydrogen-bond donors (Lipinski definition) is 3. The number of carbonyl (C=O) groups is 1. The van der Waals surface area contributed by atoms with Crippen LogP contribution in [-0.4, -0.2) is 16.9 Å². The van der Waals surface area contributed by atoms with Crippen molar-refractivity contribution in [3.05, 3.63) is 64.9 Å². The molecule has 5 nitrogen and oxygen atoms in total. The molecule has 0 saturated carbocycles. The van der Waals surface area contributed by atoms with Crippen molar-refractivity contribution in [3.63, 3.8) is 0 Å². The maximum absolute atomic E-state index is 12.2. The van der Waals surface area contributed by atoms with Crippen molar-refractivity contribution >= 4 is 17.5 Å². The van der Waals surface area contributed by atoms with Crippen molar-refractivity contribution in [1.29, 1.82) is 0 Å². The molecule has 1 aliphatic rings. The van der Waals surface area contributed by atoms with Crippen molar-refractivity contribution in [3.8, 4) is 0 Å². The molecule has 2 heterocycles. The molecule has 114 valence electrons. The Morgan fingerprint density at radius 2 is 2.18 bits per heavy atom. The predicted molar refractivity (Wildman–Crippen MR) is 85.0 cm³/mol. The Kier molecular flexibility index (Phi) is 4.68. The van der Waals surface area contributed by atoms with Crippen molar-refractivity contribution in [1.82, 2.24) is 21.2 Å². The molecule has 0 spiro atoms. The molecule has 0 aliphatic carbocycles. The van der Waals surface area contributed by atoms with Crippen LogP contribution >= 0.6 is 11.6 Å². The van der Waals surface area contributed by atoms with Gasteiger partial charge in [-0.15, -0.1) is 0 Å². The first kappa shape index (κ1) is 15.0. The van der Waals surface area contributed by atoms with Crippen molar-refractivity contribution in [2.24, 2.45) is 0 Å². The van der Waals surface area contributed by atoms with E-state index in [0.29, 0.717) is 18.0 Å². The zero-order chi connectivity index (χ0) is 15.4. The number of amides is 1. The molecule has 1 fully saturated rings. The number of halogens is 1. The Morgan fingerprint density at radius 1 is 1.27 bits per heavy atom. The number of rotatable bonds is 4. The zero-order valence-electron chi connectivity index (χ0n) is 11.9. The third kappa shape index (κ3) is 3.62. The summed E-state index contributed by atoms with van der Waals surface area (Å²) in [5.41, 5.74) is 8.09. The van der Waals surface area contributed by atoms with Gasteiger partial charge in [-0.25, -0.2) is 10.9 Å².